The van der Waals surface area contributed by atoms with Crippen molar-refractivity contribution in [2.45, 2.75) is 13.0 Å². The summed E-state index contributed by atoms with van der Waals surface area (Å²) in [5.74, 6) is -0.492. The van der Waals surface area contributed by atoms with Gasteiger partial charge in [-0.15, -0.1) is 0 Å². The van der Waals surface area contributed by atoms with Gasteiger partial charge >= 0.3 is 5.69 Å². The Labute approximate surface area is 107 Å². The van der Waals surface area contributed by atoms with E-state index in [9.17, 15) is 14.7 Å². The van der Waals surface area contributed by atoms with Gasteiger partial charge < -0.3 is 5.11 Å². The minimum Gasteiger partial charge on any atom is -0.494 e. The number of rotatable bonds is 3. The van der Waals surface area contributed by atoms with E-state index in [4.69, 9.17) is 0 Å². The number of nitrogens with one attached hydrogen (secondary N) is 2. The zero-order chi connectivity index (χ0) is 13.8. The number of hydrogen-bond donors (Lipinski definition) is 3. The molecule has 1 aromatic carbocycles. The lowest BCUT2D eigenvalue weighted by Gasteiger charge is -2.05. The highest BCUT2D eigenvalue weighted by Gasteiger charge is 2.15. The van der Waals surface area contributed by atoms with Crippen LogP contribution in [0.2, 0.25) is 0 Å². The predicted octanol–water partition coefficient (Wildman–Crippen LogP) is 1.61. The molecule has 1 unspecified atom stereocenters. The summed E-state index contributed by atoms with van der Waals surface area (Å²) in [6.45, 7) is 1.59. The first-order valence-corrected chi connectivity index (χ1v) is 5.59. The molecule has 0 bridgehead atoms. The van der Waals surface area contributed by atoms with Crippen molar-refractivity contribution in [1.82, 2.24) is 9.97 Å². The van der Waals surface area contributed by atoms with E-state index in [1.165, 1.54) is 0 Å². The zero-order valence-electron chi connectivity index (χ0n) is 10.1. The maximum atomic E-state index is 11.6. The molecule has 0 fully saturated rings. The van der Waals surface area contributed by atoms with Gasteiger partial charge in [0.2, 0.25) is 5.88 Å². The van der Waals surface area contributed by atoms with Crippen LogP contribution in [-0.2, 0) is 0 Å². The number of azo groups is 1. The molecule has 1 atom stereocenters. The Balaban J connectivity index is 2.31. The van der Waals surface area contributed by atoms with Gasteiger partial charge in [-0.2, -0.15) is 10.2 Å². The van der Waals surface area contributed by atoms with Gasteiger partial charge in [-0.05, 0) is 19.1 Å². The molecule has 0 amide bonds. The standard InChI is InChI=1S/C12H12N4O3/c1-7(15-16-8-5-3-2-4-6-8)9-10(17)13-12(19)14-11(9)18/h2-7H,1H3,(H3,13,14,17,18,19). The molecule has 98 valence electrons. The summed E-state index contributed by atoms with van der Waals surface area (Å²) in [5, 5.41) is 17.5. The largest absolute Gasteiger partial charge is 0.494 e. The van der Waals surface area contributed by atoms with Gasteiger partial charge in [0.15, 0.2) is 0 Å². The van der Waals surface area contributed by atoms with Crippen LogP contribution in [0.1, 0.15) is 18.5 Å². The van der Waals surface area contributed by atoms with Crippen molar-refractivity contribution < 1.29 is 5.11 Å². The highest BCUT2D eigenvalue weighted by molar-refractivity contribution is 5.35. The molecule has 19 heavy (non-hydrogen) atoms. The number of aromatic amines is 2. The fourth-order valence-electron chi connectivity index (χ4n) is 1.58. The summed E-state index contributed by atoms with van der Waals surface area (Å²) in [5.41, 5.74) is -0.840. The Bertz CT molecular complexity index is 703. The topological polar surface area (TPSA) is 111 Å². The number of benzene rings is 1. The van der Waals surface area contributed by atoms with Gasteiger partial charge in [0.1, 0.15) is 11.6 Å². The van der Waals surface area contributed by atoms with Gasteiger partial charge in [-0.3, -0.25) is 14.8 Å². The maximum absolute atomic E-state index is 11.6. The summed E-state index contributed by atoms with van der Waals surface area (Å²) in [7, 11) is 0. The Morgan fingerprint density at radius 1 is 1.16 bits per heavy atom. The van der Waals surface area contributed by atoms with Gasteiger partial charge in [-0.25, -0.2) is 4.79 Å². The van der Waals surface area contributed by atoms with Crippen molar-refractivity contribution >= 4 is 5.69 Å². The van der Waals surface area contributed by atoms with E-state index >= 15 is 0 Å². The van der Waals surface area contributed by atoms with Crippen molar-refractivity contribution in [3.8, 4) is 5.88 Å². The Kier molecular flexibility index (Phi) is 3.56. The molecule has 0 radical (unpaired) electrons. The molecule has 0 spiro atoms. The van der Waals surface area contributed by atoms with Gasteiger partial charge in [0.25, 0.3) is 5.56 Å². The van der Waals surface area contributed by atoms with E-state index in [1.807, 2.05) is 23.2 Å². The average Bonchev–Trinajstić information content (AvgIpc) is 2.36. The second-order valence-corrected chi connectivity index (χ2v) is 3.90. The Hall–Kier alpha value is -2.70. The van der Waals surface area contributed by atoms with Crippen molar-refractivity contribution in [3.05, 3.63) is 56.7 Å². The molecule has 1 aromatic heterocycles. The molecule has 0 saturated carbocycles. The molecule has 7 heteroatoms. The molecule has 7 nitrogen and oxygen atoms in total. The fraction of sp³-hybridized carbons (Fsp3) is 0.167. The molecule has 1 heterocycles. The monoisotopic (exact) mass is 260 g/mol. The first-order chi connectivity index (χ1) is 9.08. The molecular formula is C12H12N4O3. The molecule has 0 aliphatic heterocycles. The number of hydrogen-bond acceptors (Lipinski definition) is 5. The molecule has 2 rings (SSSR count). The second kappa shape index (κ2) is 5.30. The first-order valence-electron chi connectivity index (χ1n) is 5.59. The molecule has 0 aliphatic rings. The van der Waals surface area contributed by atoms with Crippen molar-refractivity contribution in [3.63, 3.8) is 0 Å². The third kappa shape index (κ3) is 2.95. The van der Waals surface area contributed by atoms with Crippen LogP contribution in [0, 0.1) is 0 Å². The molecular weight excluding hydrogens is 248 g/mol. The van der Waals surface area contributed by atoms with Gasteiger partial charge in [0.05, 0.1) is 5.69 Å². The molecule has 0 saturated heterocycles. The lowest BCUT2D eigenvalue weighted by atomic mass is 10.2. The number of aromatic hydroxyl groups is 1. The van der Waals surface area contributed by atoms with Crippen LogP contribution in [-0.4, -0.2) is 15.1 Å². The van der Waals surface area contributed by atoms with Crippen LogP contribution >= 0.6 is 0 Å². The third-order valence-corrected chi connectivity index (χ3v) is 2.48. The molecule has 3 N–H and O–H groups in total. The normalized spacial score (nSPS) is 12.7. The predicted molar refractivity (Wildman–Crippen MR) is 68.7 cm³/mol. The van der Waals surface area contributed by atoms with Crippen LogP contribution in [0.5, 0.6) is 5.88 Å². The smallest absolute Gasteiger partial charge is 0.328 e. The van der Waals surface area contributed by atoms with Crippen molar-refractivity contribution in [2.75, 3.05) is 0 Å². The maximum Gasteiger partial charge on any atom is 0.328 e. The van der Waals surface area contributed by atoms with Crippen LogP contribution in [0.3, 0.4) is 0 Å². The lowest BCUT2D eigenvalue weighted by molar-refractivity contribution is 0.434. The minimum absolute atomic E-state index is 0.0284. The van der Waals surface area contributed by atoms with Crippen molar-refractivity contribution in [2.24, 2.45) is 10.2 Å². The van der Waals surface area contributed by atoms with Crippen molar-refractivity contribution in [1.29, 1.82) is 0 Å². The van der Waals surface area contributed by atoms with Gasteiger partial charge in [-0.1, -0.05) is 18.2 Å². The number of nitrogens with zero attached hydrogens (tertiary/aromatic N) is 2. The van der Waals surface area contributed by atoms with Gasteiger partial charge in [0, 0.05) is 0 Å². The molecule has 2 aromatic rings. The first kappa shape index (κ1) is 12.7. The van der Waals surface area contributed by atoms with Crippen LogP contribution in [0.15, 0.2) is 50.1 Å². The Morgan fingerprint density at radius 3 is 2.47 bits per heavy atom. The van der Waals surface area contributed by atoms with E-state index in [1.54, 1.807) is 19.1 Å². The fourth-order valence-corrected chi connectivity index (χ4v) is 1.58. The van der Waals surface area contributed by atoms with E-state index in [-0.39, 0.29) is 5.56 Å². The number of H-pyrrole nitrogens is 2. The summed E-state index contributed by atoms with van der Waals surface area (Å²) >= 11 is 0. The lowest BCUT2D eigenvalue weighted by Crippen LogP contribution is -2.25. The minimum atomic E-state index is -0.765. The third-order valence-electron chi connectivity index (χ3n) is 2.48. The summed E-state index contributed by atoms with van der Waals surface area (Å²) < 4.78 is 0. The van der Waals surface area contributed by atoms with Crippen LogP contribution in [0.25, 0.3) is 0 Å². The van der Waals surface area contributed by atoms with E-state index in [0.29, 0.717) is 5.69 Å². The summed E-state index contributed by atoms with van der Waals surface area (Å²) in [6, 6.07) is 8.30. The SMILES string of the molecule is CC(N=Nc1ccccc1)c1c(O)[nH]c(=O)[nH]c1=O. The Morgan fingerprint density at radius 2 is 1.84 bits per heavy atom. The summed E-state index contributed by atoms with van der Waals surface area (Å²) in [4.78, 5) is 26.6. The highest BCUT2D eigenvalue weighted by atomic mass is 16.3. The highest BCUT2D eigenvalue weighted by Crippen LogP contribution is 2.21. The number of aromatic nitrogens is 2. The average molecular weight is 260 g/mol. The second-order valence-electron chi connectivity index (χ2n) is 3.90. The summed E-state index contributed by atoms with van der Waals surface area (Å²) in [6.07, 6.45) is 0. The van der Waals surface area contributed by atoms with Crippen LogP contribution in [0.4, 0.5) is 5.69 Å². The van der Waals surface area contributed by atoms with Crippen LogP contribution < -0.4 is 11.2 Å². The quantitative estimate of drug-likeness (QED) is 0.729. The molecule has 0 aliphatic carbocycles. The van der Waals surface area contributed by atoms with E-state index in [0.717, 1.165) is 0 Å². The van der Waals surface area contributed by atoms with E-state index in [2.05, 4.69) is 15.2 Å². The van der Waals surface area contributed by atoms with E-state index < -0.39 is 23.2 Å². The zero-order valence-corrected chi connectivity index (χ0v) is 10.1.